The summed E-state index contributed by atoms with van der Waals surface area (Å²) in [6.45, 7) is 11.1. The topological polar surface area (TPSA) is 50.2 Å². The number of hydrogen-bond acceptors (Lipinski definition) is 3. The minimum absolute atomic E-state index is 0.134. The second kappa shape index (κ2) is 6.05. The lowest BCUT2D eigenvalue weighted by Crippen LogP contribution is -2.23. The SMILES string of the molecule is CC(C)C(=N)CC(=O)OCC[Si](C)(C)C. The third kappa shape index (κ3) is 8.36. The van der Waals surface area contributed by atoms with E-state index in [9.17, 15) is 4.79 Å². The Balaban J connectivity index is 3.72. The average molecular weight is 229 g/mol. The molecule has 0 saturated heterocycles. The summed E-state index contributed by atoms with van der Waals surface area (Å²) in [5, 5.41) is 7.54. The molecule has 3 nitrogen and oxygen atoms in total. The molecule has 0 amide bonds. The lowest BCUT2D eigenvalue weighted by Gasteiger charge is -2.15. The molecule has 88 valence electrons. The summed E-state index contributed by atoms with van der Waals surface area (Å²) in [7, 11) is -1.12. The number of rotatable bonds is 6. The second-order valence-electron chi connectivity index (χ2n) is 5.39. The van der Waals surface area contributed by atoms with Gasteiger partial charge in [-0.25, -0.2) is 0 Å². The Morgan fingerprint density at radius 1 is 1.33 bits per heavy atom. The molecule has 0 spiro atoms. The minimum atomic E-state index is -1.12. The van der Waals surface area contributed by atoms with Crippen molar-refractivity contribution in [3.63, 3.8) is 0 Å². The largest absolute Gasteiger partial charge is 0.466 e. The van der Waals surface area contributed by atoms with Crippen LogP contribution in [0, 0.1) is 11.3 Å². The van der Waals surface area contributed by atoms with Gasteiger partial charge in [-0.15, -0.1) is 0 Å². The summed E-state index contributed by atoms with van der Waals surface area (Å²) >= 11 is 0. The highest BCUT2D eigenvalue weighted by molar-refractivity contribution is 6.76. The summed E-state index contributed by atoms with van der Waals surface area (Å²) in [5.74, 6) is -0.124. The first-order valence-corrected chi connectivity index (χ1v) is 9.16. The van der Waals surface area contributed by atoms with Gasteiger partial charge in [0.2, 0.25) is 0 Å². The monoisotopic (exact) mass is 229 g/mol. The van der Waals surface area contributed by atoms with Gasteiger partial charge in [0.1, 0.15) is 0 Å². The van der Waals surface area contributed by atoms with Crippen molar-refractivity contribution in [1.82, 2.24) is 0 Å². The molecule has 0 aromatic heterocycles. The molecule has 0 heterocycles. The summed E-state index contributed by atoms with van der Waals surface area (Å²) in [6.07, 6.45) is 0.142. The normalized spacial score (nSPS) is 11.6. The number of nitrogens with one attached hydrogen (secondary N) is 1. The molecule has 0 rings (SSSR count). The summed E-state index contributed by atoms with van der Waals surface area (Å²) in [6, 6.07) is 0.994. The number of ether oxygens (including phenoxy) is 1. The maximum absolute atomic E-state index is 11.3. The maximum Gasteiger partial charge on any atom is 0.311 e. The third-order valence-electron chi connectivity index (χ3n) is 2.15. The zero-order chi connectivity index (χ0) is 12.1. The Bertz CT molecular complexity index is 231. The van der Waals surface area contributed by atoms with Gasteiger partial charge in [-0.2, -0.15) is 0 Å². The van der Waals surface area contributed by atoms with Crippen LogP contribution in [-0.2, 0) is 9.53 Å². The van der Waals surface area contributed by atoms with E-state index in [0.717, 1.165) is 6.04 Å². The van der Waals surface area contributed by atoms with E-state index in [4.69, 9.17) is 10.1 Å². The molecule has 0 atom stereocenters. The predicted octanol–water partition coefficient (Wildman–Crippen LogP) is 2.93. The zero-order valence-electron chi connectivity index (χ0n) is 10.5. The molecule has 15 heavy (non-hydrogen) atoms. The van der Waals surface area contributed by atoms with Gasteiger partial charge in [0.05, 0.1) is 13.0 Å². The van der Waals surface area contributed by atoms with Crippen molar-refractivity contribution in [3.8, 4) is 0 Å². The molecular formula is C11H23NO2Si. The molecule has 0 aromatic carbocycles. The van der Waals surface area contributed by atoms with Crippen molar-refractivity contribution in [3.05, 3.63) is 0 Å². The Kier molecular flexibility index (Phi) is 5.79. The smallest absolute Gasteiger partial charge is 0.311 e. The van der Waals surface area contributed by atoms with Gasteiger partial charge in [-0.05, 0) is 12.0 Å². The van der Waals surface area contributed by atoms with Crippen LogP contribution in [0.4, 0.5) is 0 Å². The molecule has 4 heteroatoms. The first kappa shape index (κ1) is 14.4. The van der Waals surface area contributed by atoms with Gasteiger partial charge in [0.15, 0.2) is 0 Å². The fourth-order valence-electron chi connectivity index (χ4n) is 0.882. The second-order valence-corrected chi connectivity index (χ2v) is 11.0. The lowest BCUT2D eigenvalue weighted by atomic mass is 10.1. The average Bonchev–Trinajstić information content (AvgIpc) is 2.01. The standard InChI is InChI=1S/C11H23NO2Si/c1-9(2)10(12)8-11(13)14-6-7-15(3,4)5/h9,12H,6-8H2,1-5H3. The van der Waals surface area contributed by atoms with E-state index in [1.54, 1.807) is 0 Å². The van der Waals surface area contributed by atoms with Crippen molar-refractivity contribution in [1.29, 1.82) is 5.41 Å². The van der Waals surface area contributed by atoms with E-state index < -0.39 is 8.07 Å². The third-order valence-corrected chi connectivity index (χ3v) is 3.85. The quantitative estimate of drug-likeness (QED) is 0.432. The van der Waals surface area contributed by atoms with E-state index in [1.807, 2.05) is 13.8 Å². The van der Waals surface area contributed by atoms with Crippen molar-refractivity contribution in [2.24, 2.45) is 5.92 Å². The van der Waals surface area contributed by atoms with E-state index >= 15 is 0 Å². The summed E-state index contributed by atoms with van der Waals surface area (Å²) in [5.41, 5.74) is 0.452. The van der Waals surface area contributed by atoms with E-state index in [1.165, 1.54) is 0 Å². The van der Waals surface area contributed by atoms with Crippen molar-refractivity contribution in [2.45, 2.75) is 46.0 Å². The first-order chi connectivity index (χ1) is 6.72. The minimum Gasteiger partial charge on any atom is -0.466 e. The van der Waals surface area contributed by atoms with Crippen LogP contribution in [0.1, 0.15) is 20.3 Å². The molecule has 0 bridgehead atoms. The van der Waals surface area contributed by atoms with Crippen LogP contribution in [0.15, 0.2) is 0 Å². The Labute approximate surface area is 93.7 Å². The molecule has 0 saturated carbocycles. The molecule has 0 unspecified atom stereocenters. The molecular weight excluding hydrogens is 206 g/mol. The van der Waals surface area contributed by atoms with Crippen molar-refractivity contribution in [2.75, 3.05) is 6.61 Å². The first-order valence-electron chi connectivity index (χ1n) is 5.45. The van der Waals surface area contributed by atoms with E-state index in [2.05, 4.69) is 19.6 Å². The Morgan fingerprint density at radius 3 is 2.27 bits per heavy atom. The molecule has 0 fully saturated rings. The van der Waals surface area contributed by atoms with Crippen LogP contribution in [0.2, 0.25) is 25.7 Å². The Morgan fingerprint density at radius 2 is 1.87 bits per heavy atom. The van der Waals surface area contributed by atoms with E-state index in [-0.39, 0.29) is 18.3 Å². The van der Waals surface area contributed by atoms with Crippen LogP contribution in [-0.4, -0.2) is 26.4 Å². The van der Waals surface area contributed by atoms with Crippen molar-refractivity contribution < 1.29 is 9.53 Å². The van der Waals surface area contributed by atoms with E-state index in [0.29, 0.717) is 12.3 Å². The Hall–Kier alpha value is -0.643. The molecule has 0 radical (unpaired) electrons. The van der Waals surface area contributed by atoms with Crippen LogP contribution >= 0.6 is 0 Å². The zero-order valence-corrected chi connectivity index (χ0v) is 11.5. The summed E-state index contributed by atoms with van der Waals surface area (Å²) < 4.78 is 5.09. The number of carbonyl (C=O) groups is 1. The molecule has 0 aromatic rings. The lowest BCUT2D eigenvalue weighted by molar-refractivity contribution is -0.141. The highest BCUT2D eigenvalue weighted by atomic mass is 28.3. The number of carbonyl (C=O) groups excluding carboxylic acids is 1. The van der Waals surface area contributed by atoms with Gasteiger partial charge in [0, 0.05) is 13.8 Å². The van der Waals surface area contributed by atoms with Gasteiger partial charge >= 0.3 is 5.97 Å². The predicted molar refractivity (Wildman–Crippen MR) is 66.3 cm³/mol. The molecule has 0 aliphatic heterocycles. The fourth-order valence-corrected chi connectivity index (χ4v) is 1.60. The van der Waals surface area contributed by atoms with Crippen LogP contribution in [0.25, 0.3) is 0 Å². The van der Waals surface area contributed by atoms with Crippen LogP contribution in [0.3, 0.4) is 0 Å². The molecule has 0 aliphatic carbocycles. The van der Waals surface area contributed by atoms with Gasteiger partial charge in [-0.3, -0.25) is 4.79 Å². The highest BCUT2D eigenvalue weighted by Crippen LogP contribution is 2.08. The molecule has 0 aliphatic rings. The number of hydrogen-bond donors (Lipinski definition) is 1. The molecule has 1 N–H and O–H groups in total. The van der Waals surface area contributed by atoms with Gasteiger partial charge in [-0.1, -0.05) is 33.5 Å². The maximum atomic E-state index is 11.3. The number of esters is 1. The van der Waals surface area contributed by atoms with Gasteiger partial charge < -0.3 is 10.1 Å². The van der Waals surface area contributed by atoms with Crippen molar-refractivity contribution >= 4 is 19.8 Å². The van der Waals surface area contributed by atoms with Crippen LogP contribution < -0.4 is 0 Å². The van der Waals surface area contributed by atoms with Gasteiger partial charge in [0.25, 0.3) is 0 Å². The van der Waals surface area contributed by atoms with Crippen LogP contribution in [0.5, 0.6) is 0 Å². The summed E-state index contributed by atoms with van der Waals surface area (Å²) in [4.78, 5) is 11.3. The highest BCUT2D eigenvalue weighted by Gasteiger charge is 2.15. The fraction of sp³-hybridized carbons (Fsp3) is 0.818.